The highest BCUT2D eigenvalue weighted by Gasteiger charge is 2.55. The molecule has 0 aromatic carbocycles. The van der Waals surface area contributed by atoms with Gasteiger partial charge in [0.25, 0.3) is 5.91 Å². The highest BCUT2D eigenvalue weighted by atomic mass is 16.4. The number of likely N-dealkylation sites (tertiary alicyclic amines) is 1. The quantitative estimate of drug-likeness (QED) is 0.877. The average Bonchev–Trinajstić information content (AvgIpc) is 3.19. The third kappa shape index (κ3) is 1.95. The molecule has 4 rings (SSSR count). The van der Waals surface area contributed by atoms with Crippen LogP contribution in [0.2, 0.25) is 0 Å². The number of carboxylic acids is 1. The molecular formula is C16H18N4O3. The van der Waals surface area contributed by atoms with Crippen LogP contribution in [-0.4, -0.2) is 50.2 Å². The van der Waals surface area contributed by atoms with Crippen molar-refractivity contribution >= 4 is 22.9 Å². The number of hydrogen-bond donors (Lipinski definition) is 2. The maximum atomic E-state index is 12.8. The number of aromatic amines is 1. The van der Waals surface area contributed by atoms with Crippen LogP contribution in [0.15, 0.2) is 12.3 Å². The maximum absolute atomic E-state index is 12.8. The van der Waals surface area contributed by atoms with E-state index in [1.165, 1.54) is 6.20 Å². The lowest BCUT2D eigenvalue weighted by atomic mass is 9.81. The Kier molecular flexibility index (Phi) is 2.94. The number of carbonyl (C=O) groups is 2. The van der Waals surface area contributed by atoms with Crippen LogP contribution in [0.5, 0.6) is 0 Å². The predicted octanol–water partition coefficient (Wildman–Crippen LogP) is 1.59. The molecule has 3 heterocycles. The van der Waals surface area contributed by atoms with Gasteiger partial charge in [0.05, 0.1) is 11.0 Å². The minimum Gasteiger partial charge on any atom is -0.481 e. The molecule has 7 heteroatoms. The van der Waals surface area contributed by atoms with Crippen molar-refractivity contribution in [2.45, 2.75) is 26.2 Å². The summed E-state index contributed by atoms with van der Waals surface area (Å²) in [5.41, 5.74) is 1.18. The number of carboxylic acid groups (broad SMARTS) is 1. The van der Waals surface area contributed by atoms with Crippen LogP contribution in [0, 0.1) is 18.3 Å². The molecule has 2 aromatic heterocycles. The number of nitrogens with one attached hydrogen (secondary N) is 1. The molecular weight excluding hydrogens is 296 g/mol. The number of hydrogen-bond acceptors (Lipinski definition) is 4. The Balaban J connectivity index is 1.64. The lowest BCUT2D eigenvalue weighted by Crippen LogP contribution is -2.37. The van der Waals surface area contributed by atoms with E-state index in [-0.39, 0.29) is 11.8 Å². The fraction of sp³-hybridized carbons (Fsp3) is 0.500. The number of rotatable bonds is 2. The van der Waals surface area contributed by atoms with E-state index in [1.807, 2.05) is 6.92 Å². The molecule has 1 amide bonds. The van der Waals surface area contributed by atoms with Crippen LogP contribution in [-0.2, 0) is 4.79 Å². The number of aromatic nitrogens is 3. The topological polar surface area (TPSA) is 99.2 Å². The molecule has 0 radical (unpaired) electrons. The van der Waals surface area contributed by atoms with Crippen LogP contribution in [0.1, 0.15) is 35.3 Å². The lowest BCUT2D eigenvalue weighted by molar-refractivity contribution is -0.149. The number of fused-ring (bicyclic) bond motifs is 2. The van der Waals surface area contributed by atoms with E-state index >= 15 is 0 Å². The van der Waals surface area contributed by atoms with E-state index < -0.39 is 11.4 Å². The number of amides is 1. The van der Waals surface area contributed by atoms with Crippen molar-refractivity contribution < 1.29 is 14.7 Å². The molecule has 1 saturated heterocycles. The lowest BCUT2D eigenvalue weighted by Gasteiger charge is -2.23. The minimum atomic E-state index is -0.769. The van der Waals surface area contributed by atoms with Crippen LogP contribution in [0.25, 0.3) is 11.0 Å². The summed E-state index contributed by atoms with van der Waals surface area (Å²) in [6, 6.07) is 1.78. The zero-order chi connectivity index (χ0) is 16.2. The van der Waals surface area contributed by atoms with Crippen molar-refractivity contribution in [3.8, 4) is 0 Å². The second-order valence-electron chi connectivity index (χ2n) is 6.68. The first-order chi connectivity index (χ1) is 11.0. The predicted molar refractivity (Wildman–Crippen MR) is 81.9 cm³/mol. The molecule has 0 unspecified atom stereocenters. The van der Waals surface area contributed by atoms with Gasteiger partial charge in [-0.15, -0.1) is 0 Å². The summed E-state index contributed by atoms with van der Waals surface area (Å²) in [6.07, 6.45) is 4.00. The highest BCUT2D eigenvalue weighted by Crippen LogP contribution is 2.49. The maximum Gasteiger partial charge on any atom is 0.311 e. The monoisotopic (exact) mass is 314 g/mol. The van der Waals surface area contributed by atoms with Gasteiger partial charge in [0.2, 0.25) is 0 Å². The third-order valence-corrected chi connectivity index (χ3v) is 5.43. The van der Waals surface area contributed by atoms with Gasteiger partial charge in [-0.25, -0.2) is 4.98 Å². The van der Waals surface area contributed by atoms with E-state index in [9.17, 15) is 14.7 Å². The molecule has 23 heavy (non-hydrogen) atoms. The number of aryl methyl sites for hydroxylation is 1. The van der Waals surface area contributed by atoms with Crippen molar-refractivity contribution in [3.63, 3.8) is 0 Å². The van der Waals surface area contributed by atoms with Gasteiger partial charge in [-0.2, -0.15) is 5.10 Å². The Labute approximate surface area is 132 Å². The molecule has 2 atom stereocenters. The van der Waals surface area contributed by atoms with E-state index in [0.717, 1.165) is 23.9 Å². The number of carbonyl (C=O) groups excluding carboxylic acids is 1. The van der Waals surface area contributed by atoms with Crippen molar-refractivity contribution in [1.29, 1.82) is 0 Å². The molecule has 1 aliphatic carbocycles. The number of aliphatic carboxylic acids is 1. The zero-order valence-corrected chi connectivity index (χ0v) is 12.9. The van der Waals surface area contributed by atoms with Gasteiger partial charge in [-0.05, 0) is 31.7 Å². The van der Waals surface area contributed by atoms with Crippen molar-refractivity contribution in [1.82, 2.24) is 20.1 Å². The van der Waals surface area contributed by atoms with Gasteiger partial charge in [-0.3, -0.25) is 14.7 Å². The fourth-order valence-electron chi connectivity index (χ4n) is 4.11. The first kappa shape index (κ1) is 14.2. The van der Waals surface area contributed by atoms with Crippen molar-refractivity contribution in [2.24, 2.45) is 11.3 Å². The minimum absolute atomic E-state index is 0.0660. The molecule has 7 nitrogen and oxygen atoms in total. The van der Waals surface area contributed by atoms with Crippen molar-refractivity contribution in [2.75, 3.05) is 13.1 Å². The molecule has 2 N–H and O–H groups in total. The first-order valence-corrected chi connectivity index (χ1v) is 7.85. The summed E-state index contributed by atoms with van der Waals surface area (Å²) in [7, 11) is 0. The zero-order valence-electron chi connectivity index (χ0n) is 12.9. The molecule has 0 spiro atoms. The van der Waals surface area contributed by atoms with Crippen LogP contribution >= 0.6 is 0 Å². The number of H-pyrrole nitrogens is 1. The Morgan fingerprint density at radius 2 is 2.30 bits per heavy atom. The smallest absolute Gasteiger partial charge is 0.311 e. The fourth-order valence-corrected chi connectivity index (χ4v) is 4.11. The summed E-state index contributed by atoms with van der Waals surface area (Å²) >= 11 is 0. The van der Waals surface area contributed by atoms with E-state index in [2.05, 4.69) is 15.2 Å². The van der Waals surface area contributed by atoms with Crippen LogP contribution in [0.3, 0.4) is 0 Å². The summed E-state index contributed by atoms with van der Waals surface area (Å²) in [4.78, 5) is 30.4. The van der Waals surface area contributed by atoms with Crippen LogP contribution < -0.4 is 0 Å². The summed E-state index contributed by atoms with van der Waals surface area (Å²) in [6.45, 7) is 2.70. The van der Waals surface area contributed by atoms with E-state index in [4.69, 9.17) is 0 Å². The standard InChI is InChI=1S/C16H18N4O3/c1-9-12-5-10(6-17-13(12)19-18-9)14(21)20-7-11-3-2-4-16(11,8-20)15(22)23/h5-6,11H,2-4,7-8H2,1H3,(H,22,23)(H,17,18,19)/t11-,16+/m0/s1. The molecule has 0 bridgehead atoms. The number of nitrogens with zero attached hydrogens (tertiary/aromatic N) is 3. The highest BCUT2D eigenvalue weighted by molar-refractivity contribution is 5.98. The molecule has 2 fully saturated rings. The largest absolute Gasteiger partial charge is 0.481 e. The molecule has 1 aliphatic heterocycles. The third-order valence-electron chi connectivity index (χ3n) is 5.43. The Hall–Kier alpha value is -2.44. The van der Waals surface area contributed by atoms with Gasteiger partial charge < -0.3 is 10.0 Å². The number of pyridine rings is 1. The summed E-state index contributed by atoms with van der Waals surface area (Å²) in [5, 5.41) is 17.4. The molecule has 2 aliphatic rings. The molecule has 1 saturated carbocycles. The van der Waals surface area contributed by atoms with Crippen LogP contribution in [0.4, 0.5) is 0 Å². The Morgan fingerprint density at radius 3 is 3.04 bits per heavy atom. The average molecular weight is 314 g/mol. The first-order valence-electron chi connectivity index (χ1n) is 7.85. The van der Waals surface area contributed by atoms with E-state index in [1.54, 1.807) is 11.0 Å². The SMILES string of the molecule is Cc1[nH]nc2ncc(C(=O)N3C[C@@H]4CCC[C@@]4(C(=O)O)C3)cc12. The Bertz CT molecular complexity index is 815. The molecule has 2 aromatic rings. The Morgan fingerprint density at radius 1 is 1.48 bits per heavy atom. The summed E-state index contributed by atoms with van der Waals surface area (Å²) < 4.78 is 0. The van der Waals surface area contributed by atoms with Gasteiger partial charge in [0.1, 0.15) is 0 Å². The second-order valence-corrected chi connectivity index (χ2v) is 6.68. The molecule has 120 valence electrons. The van der Waals surface area contributed by atoms with E-state index in [0.29, 0.717) is 30.7 Å². The normalized spacial score (nSPS) is 26.7. The van der Waals surface area contributed by atoms with Gasteiger partial charge in [0.15, 0.2) is 5.65 Å². The van der Waals surface area contributed by atoms with Gasteiger partial charge >= 0.3 is 5.97 Å². The van der Waals surface area contributed by atoms with Gasteiger partial charge in [-0.1, -0.05) is 6.42 Å². The van der Waals surface area contributed by atoms with Crippen molar-refractivity contribution in [3.05, 3.63) is 23.5 Å². The summed E-state index contributed by atoms with van der Waals surface area (Å²) in [5.74, 6) is -0.846. The van der Waals surface area contributed by atoms with Gasteiger partial charge in [0, 0.05) is 30.4 Å². The second kappa shape index (κ2) is 4.78.